The van der Waals surface area contributed by atoms with E-state index < -0.39 is 11.8 Å². The fraction of sp³-hybridized carbons (Fsp3) is 0.250. The lowest BCUT2D eigenvalue weighted by atomic mass is 10.3. The summed E-state index contributed by atoms with van der Waals surface area (Å²) >= 11 is 0. The fourth-order valence-electron chi connectivity index (χ4n) is 0.199. The van der Waals surface area contributed by atoms with Gasteiger partial charge in [-0.25, -0.2) is 0 Å². The Labute approximate surface area is 51.1 Å². The average Bonchev–Trinajstić information content (AvgIpc) is 1.90. The van der Waals surface area contributed by atoms with Gasteiger partial charge in [0.2, 0.25) is 0 Å². The van der Waals surface area contributed by atoms with Crippen molar-refractivity contribution in [2.45, 2.75) is 6.10 Å². The van der Waals surface area contributed by atoms with Crippen LogP contribution in [0.1, 0.15) is 0 Å². The maximum absolute atomic E-state index is 8.44. The van der Waals surface area contributed by atoms with Gasteiger partial charge in [0.15, 0.2) is 11.8 Å². The van der Waals surface area contributed by atoms with Crippen LogP contribution in [0, 0.1) is 22.7 Å². The highest BCUT2D eigenvalue weighted by atomic mass is 16.4. The Balaban J connectivity index is 4.23. The minimum atomic E-state index is -1.63. The number of hydrogen-bond acceptors (Lipinski definition) is 5. The van der Waals surface area contributed by atoms with E-state index in [1.807, 2.05) is 0 Å². The van der Waals surface area contributed by atoms with Crippen molar-refractivity contribution in [2.24, 2.45) is 5.16 Å². The first-order valence-corrected chi connectivity index (χ1v) is 1.96. The molecule has 0 aromatic rings. The molecule has 5 nitrogen and oxygen atoms in total. The van der Waals surface area contributed by atoms with Gasteiger partial charge in [-0.3, -0.25) is 0 Å². The lowest BCUT2D eigenvalue weighted by molar-refractivity contribution is 0.275. The molecule has 0 saturated heterocycles. The minimum absolute atomic E-state index is 0.600. The van der Waals surface area contributed by atoms with Gasteiger partial charge in [0, 0.05) is 0 Å². The quantitative estimate of drug-likeness (QED) is 0.208. The number of oxime groups is 1. The lowest BCUT2D eigenvalue weighted by Gasteiger charge is -1.90. The van der Waals surface area contributed by atoms with Gasteiger partial charge in [-0.1, -0.05) is 5.16 Å². The summed E-state index contributed by atoms with van der Waals surface area (Å²) in [7, 11) is 0. The topological polar surface area (TPSA) is 100 Å². The number of nitriles is 2. The van der Waals surface area contributed by atoms with Gasteiger partial charge in [-0.2, -0.15) is 10.5 Å². The van der Waals surface area contributed by atoms with Crippen LogP contribution in [0.15, 0.2) is 5.16 Å². The Morgan fingerprint density at radius 1 is 1.56 bits per heavy atom. The molecule has 0 aromatic heterocycles. The molecule has 0 bridgehead atoms. The normalized spacial score (nSPS) is 13.4. The van der Waals surface area contributed by atoms with Crippen molar-refractivity contribution in [2.75, 3.05) is 0 Å². The molecule has 0 rings (SSSR count). The van der Waals surface area contributed by atoms with Gasteiger partial charge in [0.1, 0.15) is 12.1 Å². The lowest BCUT2D eigenvalue weighted by Crippen LogP contribution is -2.15. The predicted octanol–water partition coefficient (Wildman–Crippen LogP) is -0.775. The van der Waals surface area contributed by atoms with E-state index in [1.165, 1.54) is 12.1 Å². The van der Waals surface area contributed by atoms with Crippen molar-refractivity contribution in [3.8, 4) is 12.1 Å². The van der Waals surface area contributed by atoms with E-state index in [2.05, 4.69) is 5.16 Å². The summed E-state index contributed by atoms with van der Waals surface area (Å²) in [6.45, 7) is 0. The minimum Gasteiger partial charge on any atom is -0.410 e. The zero-order valence-electron chi connectivity index (χ0n) is 4.31. The molecule has 1 atom stereocenters. The molecule has 46 valence electrons. The molecule has 0 radical (unpaired) electrons. The Kier molecular flexibility index (Phi) is 2.81. The van der Waals surface area contributed by atoms with Crippen LogP contribution < -0.4 is 0 Å². The van der Waals surface area contributed by atoms with Crippen LogP contribution in [0.25, 0.3) is 0 Å². The molecule has 0 aliphatic carbocycles. The molecule has 0 fully saturated rings. The van der Waals surface area contributed by atoms with Gasteiger partial charge in [-0.05, 0) is 0 Å². The maximum atomic E-state index is 8.44. The van der Waals surface area contributed by atoms with Gasteiger partial charge < -0.3 is 10.3 Å². The maximum Gasteiger partial charge on any atom is 0.199 e. The van der Waals surface area contributed by atoms with E-state index in [4.69, 9.17) is 20.8 Å². The van der Waals surface area contributed by atoms with Crippen molar-refractivity contribution in [3.63, 3.8) is 0 Å². The second kappa shape index (κ2) is 3.42. The summed E-state index contributed by atoms with van der Waals surface area (Å²) in [4.78, 5) is 0. The number of nitrogens with zero attached hydrogens (tertiary/aromatic N) is 3. The van der Waals surface area contributed by atoms with Crippen molar-refractivity contribution in [1.29, 1.82) is 10.5 Å². The van der Waals surface area contributed by atoms with Crippen molar-refractivity contribution in [3.05, 3.63) is 0 Å². The van der Waals surface area contributed by atoms with Crippen molar-refractivity contribution < 1.29 is 10.3 Å². The van der Waals surface area contributed by atoms with E-state index in [1.54, 1.807) is 0 Å². The monoisotopic (exact) mass is 125 g/mol. The molecule has 1 unspecified atom stereocenters. The van der Waals surface area contributed by atoms with Gasteiger partial charge >= 0.3 is 0 Å². The van der Waals surface area contributed by atoms with Crippen LogP contribution in [0.3, 0.4) is 0 Å². The summed E-state index contributed by atoms with van der Waals surface area (Å²) in [5, 5.41) is 34.6. The van der Waals surface area contributed by atoms with Crippen LogP contribution in [0.5, 0.6) is 0 Å². The summed E-state index contributed by atoms with van der Waals surface area (Å²) in [5.74, 6) is 0. The summed E-state index contributed by atoms with van der Waals surface area (Å²) < 4.78 is 0. The third kappa shape index (κ3) is 1.76. The summed E-state index contributed by atoms with van der Waals surface area (Å²) in [6.07, 6.45) is -1.63. The first kappa shape index (κ1) is 7.41. The molecule has 5 heteroatoms. The predicted molar refractivity (Wildman–Crippen MR) is 26.5 cm³/mol. The van der Waals surface area contributed by atoms with E-state index in [0.717, 1.165) is 0 Å². The molecule has 0 saturated carbocycles. The number of aliphatic hydroxyl groups excluding tert-OH is 1. The highest BCUT2D eigenvalue weighted by Gasteiger charge is 2.09. The van der Waals surface area contributed by atoms with Crippen LogP contribution in [0.4, 0.5) is 0 Å². The molecule has 0 spiro atoms. The SMILES string of the molecule is N#CC(=NO)C(O)C#N. The molecule has 0 amide bonds. The zero-order chi connectivity index (χ0) is 7.28. The standard InChI is InChI=1S/C4H3N3O2/c5-1-3(7-9)4(8)2-6/h4,8-9H. The number of rotatable bonds is 1. The highest BCUT2D eigenvalue weighted by molar-refractivity contribution is 6.02. The smallest absolute Gasteiger partial charge is 0.199 e. The molecule has 0 aliphatic rings. The van der Waals surface area contributed by atoms with E-state index in [9.17, 15) is 0 Å². The number of hydrogen-bond donors (Lipinski definition) is 2. The Morgan fingerprint density at radius 3 is 2.22 bits per heavy atom. The van der Waals surface area contributed by atoms with Crippen molar-refractivity contribution >= 4 is 5.71 Å². The molecule has 0 heterocycles. The molecule has 2 N–H and O–H groups in total. The van der Waals surface area contributed by atoms with Gasteiger partial charge in [0.05, 0.1) is 0 Å². The van der Waals surface area contributed by atoms with Crippen LogP contribution in [-0.2, 0) is 0 Å². The van der Waals surface area contributed by atoms with E-state index in [-0.39, 0.29) is 0 Å². The van der Waals surface area contributed by atoms with Crippen LogP contribution in [-0.4, -0.2) is 22.1 Å². The first-order chi connectivity index (χ1) is 4.26. The Morgan fingerprint density at radius 2 is 2.11 bits per heavy atom. The Bertz CT molecular complexity index is 197. The highest BCUT2D eigenvalue weighted by Crippen LogP contribution is 1.83. The van der Waals surface area contributed by atoms with E-state index >= 15 is 0 Å². The molecule has 9 heavy (non-hydrogen) atoms. The summed E-state index contributed by atoms with van der Waals surface area (Å²) in [5.41, 5.74) is -0.600. The second-order valence-corrected chi connectivity index (χ2v) is 1.13. The van der Waals surface area contributed by atoms with Gasteiger partial charge in [0.25, 0.3) is 0 Å². The molecular formula is C4H3N3O2. The first-order valence-electron chi connectivity index (χ1n) is 1.96. The second-order valence-electron chi connectivity index (χ2n) is 1.13. The van der Waals surface area contributed by atoms with Crippen molar-refractivity contribution in [1.82, 2.24) is 0 Å². The molecule has 0 aromatic carbocycles. The number of aliphatic hydroxyl groups is 1. The average molecular weight is 125 g/mol. The van der Waals surface area contributed by atoms with Gasteiger partial charge in [-0.15, -0.1) is 0 Å². The molecular weight excluding hydrogens is 122 g/mol. The Hall–Kier alpha value is -1.59. The van der Waals surface area contributed by atoms with Crippen LogP contribution in [0.2, 0.25) is 0 Å². The van der Waals surface area contributed by atoms with Crippen LogP contribution >= 0.6 is 0 Å². The third-order valence-corrected chi connectivity index (χ3v) is 0.604. The fourth-order valence-corrected chi connectivity index (χ4v) is 0.199. The largest absolute Gasteiger partial charge is 0.410 e. The summed E-state index contributed by atoms with van der Waals surface area (Å²) in [6, 6.07) is 2.64. The molecule has 0 aliphatic heterocycles. The van der Waals surface area contributed by atoms with E-state index in [0.29, 0.717) is 0 Å². The third-order valence-electron chi connectivity index (χ3n) is 0.604. The zero-order valence-corrected chi connectivity index (χ0v) is 4.31.